The predicted octanol–water partition coefficient (Wildman–Crippen LogP) is 1.24. The number of hydrogen-bond acceptors (Lipinski definition) is 2. The first-order chi connectivity index (χ1) is 5.63. The zero-order valence-electron chi connectivity index (χ0n) is 6.43. The van der Waals surface area contributed by atoms with Crippen LogP contribution in [0.2, 0.25) is 0 Å². The van der Waals surface area contributed by atoms with Crippen molar-refractivity contribution < 1.29 is 24.5 Å². The van der Waals surface area contributed by atoms with Gasteiger partial charge < -0.3 is 10.2 Å². The quantitative estimate of drug-likeness (QED) is 0.728. The highest BCUT2D eigenvalue weighted by Gasteiger charge is 2.13. The number of carboxylic acid groups (broad SMARTS) is 2. The van der Waals surface area contributed by atoms with Crippen LogP contribution in [0, 0.1) is 0 Å². The zero-order valence-corrected chi connectivity index (χ0v) is 6.43. The summed E-state index contributed by atoms with van der Waals surface area (Å²) in [5.41, 5.74) is -0.380. The third-order valence-electron chi connectivity index (χ3n) is 1.39. The number of hydrogen-bond donors (Lipinski definition) is 2. The summed E-state index contributed by atoms with van der Waals surface area (Å²) in [7, 11) is 0. The van der Waals surface area contributed by atoms with E-state index in [9.17, 15) is 9.59 Å². The van der Waals surface area contributed by atoms with Crippen molar-refractivity contribution >= 4 is 11.9 Å². The molecular weight excluding hydrogens is 179 g/mol. The van der Waals surface area contributed by atoms with Crippen molar-refractivity contribution in [1.82, 2.24) is 0 Å². The summed E-state index contributed by atoms with van der Waals surface area (Å²) in [6.07, 6.45) is 0. The van der Waals surface area contributed by atoms with E-state index in [1.165, 1.54) is 24.3 Å². The van der Waals surface area contributed by atoms with Crippen molar-refractivity contribution in [3.8, 4) is 0 Å². The molecule has 5 heteroatoms. The van der Waals surface area contributed by atoms with Crippen molar-refractivity contribution in [2.75, 3.05) is 0 Å². The van der Waals surface area contributed by atoms with Crippen LogP contribution < -0.4 is 0 Å². The van der Waals surface area contributed by atoms with Crippen LogP contribution in [-0.4, -0.2) is 22.2 Å². The van der Waals surface area contributed by atoms with Gasteiger partial charge in [0.15, 0.2) is 0 Å². The topological polar surface area (TPSA) is 74.6 Å². The zero-order chi connectivity index (χ0) is 9.14. The molecule has 0 fully saturated rings. The molecule has 4 nitrogen and oxygen atoms in total. The molecule has 70 valence electrons. The lowest BCUT2D eigenvalue weighted by Crippen LogP contribution is -2.06. The third kappa shape index (κ3) is 2.26. The van der Waals surface area contributed by atoms with Crippen LogP contribution in [0.5, 0.6) is 0 Å². The van der Waals surface area contributed by atoms with E-state index >= 15 is 0 Å². The first-order valence-corrected chi connectivity index (χ1v) is 3.18. The summed E-state index contributed by atoms with van der Waals surface area (Å²) in [4.78, 5) is 20.9. The van der Waals surface area contributed by atoms with Gasteiger partial charge in [-0.1, -0.05) is 12.1 Å². The van der Waals surface area contributed by atoms with Crippen LogP contribution >= 0.6 is 0 Å². The molecule has 0 aliphatic heterocycles. The minimum absolute atomic E-state index is 0. The minimum atomic E-state index is -1.23. The van der Waals surface area contributed by atoms with Crippen LogP contribution in [0.4, 0.5) is 4.70 Å². The second-order valence-electron chi connectivity index (χ2n) is 2.16. The van der Waals surface area contributed by atoms with Gasteiger partial charge in [0.2, 0.25) is 0 Å². The first kappa shape index (κ1) is 11.1. The highest BCUT2D eigenvalue weighted by molar-refractivity contribution is 6.01. The van der Waals surface area contributed by atoms with E-state index in [0.717, 1.165) is 0 Å². The summed E-state index contributed by atoms with van der Waals surface area (Å²) in [5.74, 6) is -2.46. The average Bonchev–Trinajstić information content (AvgIpc) is 2.04. The van der Waals surface area contributed by atoms with Crippen molar-refractivity contribution in [1.29, 1.82) is 0 Å². The summed E-state index contributed by atoms with van der Waals surface area (Å²) < 4.78 is 0. The van der Waals surface area contributed by atoms with Crippen molar-refractivity contribution in [3.05, 3.63) is 35.4 Å². The van der Waals surface area contributed by atoms with Gasteiger partial charge in [0.05, 0.1) is 11.1 Å². The molecule has 13 heavy (non-hydrogen) atoms. The van der Waals surface area contributed by atoms with Gasteiger partial charge in [0.1, 0.15) is 0 Å². The SMILES string of the molecule is F.O=C(O)c1ccccc1C(=O)O. The monoisotopic (exact) mass is 186 g/mol. The Bertz CT molecular complexity index is 302. The first-order valence-electron chi connectivity index (χ1n) is 3.18. The fourth-order valence-electron chi connectivity index (χ4n) is 0.856. The highest BCUT2D eigenvalue weighted by atomic mass is 19.0. The van der Waals surface area contributed by atoms with Crippen molar-refractivity contribution in [2.24, 2.45) is 0 Å². The summed E-state index contributed by atoms with van der Waals surface area (Å²) in [6.45, 7) is 0. The normalized spacial score (nSPS) is 8.62. The Balaban J connectivity index is 0.00000144. The third-order valence-corrected chi connectivity index (χ3v) is 1.39. The fourth-order valence-corrected chi connectivity index (χ4v) is 0.856. The van der Waals surface area contributed by atoms with Gasteiger partial charge in [0.25, 0.3) is 0 Å². The smallest absolute Gasteiger partial charge is 0.336 e. The Labute approximate surface area is 72.8 Å². The van der Waals surface area contributed by atoms with Crippen molar-refractivity contribution in [3.63, 3.8) is 0 Å². The number of halogens is 1. The number of aromatic carboxylic acids is 2. The molecular formula is C8H7FO4. The Morgan fingerprint density at radius 2 is 1.23 bits per heavy atom. The molecule has 0 amide bonds. The second-order valence-corrected chi connectivity index (χ2v) is 2.16. The Hall–Kier alpha value is -1.91. The van der Waals surface area contributed by atoms with E-state index in [4.69, 9.17) is 10.2 Å². The van der Waals surface area contributed by atoms with Crippen LogP contribution in [0.25, 0.3) is 0 Å². The Kier molecular flexibility index (Phi) is 3.58. The lowest BCUT2D eigenvalue weighted by atomic mass is 10.1. The summed E-state index contributed by atoms with van der Waals surface area (Å²) in [5, 5.41) is 17.1. The van der Waals surface area contributed by atoms with Gasteiger partial charge in [-0.15, -0.1) is 0 Å². The maximum absolute atomic E-state index is 10.5. The van der Waals surface area contributed by atoms with Gasteiger partial charge in [-0.3, -0.25) is 4.70 Å². The van der Waals surface area contributed by atoms with Crippen molar-refractivity contribution in [2.45, 2.75) is 0 Å². The Morgan fingerprint density at radius 1 is 0.923 bits per heavy atom. The summed E-state index contributed by atoms with van der Waals surface area (Å²) in [6, 6.07) is 5.48. The molecule has 0 aliphatic rings. The maximum atomic E-state index is 10.5. The van der Waals surface area contributed by atoms with E-state index in [2.05, 4.69) is 0 Å². The molecule has 1 aromatic rings. The van der Waals surface area contributed by atoms with E-state index < -0.39 is 11.9 Å². The molecule has 1 aromatic carbocycles. The average molecular weight is 186 g/mol. The number of benzene rings is 1. The molecule has 2 N–H and O–H groups in total. The lowest BCUT2D eigenvalue weighted by Gasteiger charge is -1.98. The minimum Gasteiger partial charge on any atom is -0.478 e. The number of carbonyl (C=O) groups is 2. The van der Waals surface area contributed by atoms with E-state index in [0.29, 0.717) is 0 Å². The summed E-state index contributed by atoms with van der Waals surface area (Å²) >= 11 is 0. The molecule has 0 heterocycles. The van der Waals surface area contributed by atoms with E-state index in [1.807, 2.05) is 0 Å². The fraction of sp³-hybridized carbons (Fsp3) is 0. The molecule has 1 rings (SSSR count). The second kappa shape index (κ2) is 4.20. The molecule has 0 atom stereocenters. The van der Waals surface area contributed by atoms with E-state index in [-0.39, 0.29) is 15.8 Å². The lowest BCUT2D eigenvalue weighted by molar-refractivity contribution is 0.0651. The number of carboxylic acids is 2. The van der Waals surface area contributed by atoms with Gasteiger partial charge in [-0.05, 0) is 12.1 Å². The molecule has 0 saturated carbocycles. The molecule has 0 bridgehead atoms. The van der Waals surface area contributed by atoms with Gasteiger partial charge in [-0.25, -0.2) is 9.59 Å². The number of rotatable bonds is 2. The van der Waals surface area contributed by atoms with Gasteiger partial charge in [-0.2, -0.15) is 0 Å². The van der Waals surface area contributed by atoms with Crippen LogP contribution in [0.1, 0.15) is 20.7 Å². The molecule has 0 radical (unpaired) electrons. The van der Waals surface area contributed by atoms with Gasteiger partial charge in [0, 0.05) is 0 Å². The van der Waals surface area contributed by atoms with Crippen LogP contribution in [0.15, 0.2) is 24.3 Å². The predicted molar refractivity (Wildman–Crippen MR) is 42.9 cm³/mol. The maximum Gasteiger partial charge on any atom is 0.336 e. The molecule has 0 unspecified atom stereocenters. The molecule has 0 aromatic heterocycles. The largest absolute Gasteiger partial charge is 0.478 e. The molecule has 0 spiro atoms. The standard InChI is InChI=1S/C8H6O4.FH/c9-7(10)5-3-1-2-4-6(5)8(11)12;/h1-4H,(H,9,10)(H,11,12);1H. The Morgan fingerprint density at radius 3 is 1.46 bits per heavy atom. The highest BCUT2D eigenvalue weighted by Crippen LogP contribution is 2.07. The van der Waals surface area contributed by atoms with Crippen LogP contribution in [0.3, 0.4) is 0 Å². The molecule has 0 aliphatic carbocycles. The molecule has 0 saturated heterocycles. The van der Waals surface area contributed by atoms with E-state index in [1.54, 1.807) is 0 Å². The van der Waals surface area contributed by atoms with Crippen LogP contribution in [-0.2, 0) is 0 Å². The van der Waals surface area contributed by atoms with Gasteiger partial charge >= 0.3 is 11.9 Å².